The van der Waals surface area contributed by atoms with Gasteiger partial charge in [0.05, 0.1) is 5.52 Å². The molecule has 0 radical (unpaired) electrons. The van der Waals surface area contributed by atoms with Crippen LogP contribution in [0.25, 0.3) is 10.9 Å². The van der Waals surface area contributed by atoms with E-state index in [4.69, 9.17) is 4.74 Å². The molecule has 1 aromatic carbocycles. The normalized spacial score (nSPS) is 11.8. The molecule has 0 bridgehead atoms. The summed E-state index contributed by atoms with van der Waals surface area (Å²) in [5, 5.41) is 1.00. The van der Waals surface area contributed by atoms with E-state index in [-0.39, 0.29) is 6.09 Å². The Hall–Kier alpha value is -1.29. The molecule has 0 spiro atoms. The molecule has 0 aliphatic carbocycles. The lowest BCUT2D eigenvalue weighted by Crippen LogP contribution is -2.26. The minimum absolute atomic E-state index is 0.352. The minimum Gasteiger partial charge on any atom is -0.443 e. The van der Waals surface area contributed by atoms with Crippen LogP contribution in [0.15, 0.2) is 34.9 Å². The number of hydrogen-bond donors (Lipinski definition) is 0. The first-order chi connectivity index (χ1) is 7.87. The van der Waals surface area contributed by atoms with Crippen molar-refractivity contribution in [2.45, 2.75) is 26.4 Å². The molecule has 2 rings (SSSR count). The summed E-state index contributed by atoms with van der Waals surface area (Å²) in [5.41, 5.74) is 0.366. The van der Waals surface area contributed by atoms with Crippen molar-refractivity contribution in [3.8, 4) is 0 Å². The fraction of sp³-hybridized carbons (Fsp3) is 0.308. The number of rotatable bonds is 0. The Bertz CT molecular complexity index is 566. The molecule has 0 fully saturated rings. The molecule has 0 saturated carbocycles. The van der Waals surface area contributed by atoms with Gasteiger partial charge in [-0.1, -0.05) is 15.9 Å². The summed E-state index contributed by atoms with van der Waals surface area (Å²) in [6, 6.07) is 7.66. The summed E-state index contributed by atoms with van der Waals surface area (Å²) in [6.07, 6.45) is 1.38. The molecule has 3 nitrogen and oxygen atoms in total. The fourth-order valence-corrected chi connectivity index (χ4v) is 1.96. The standard InChI is InChI=1S/C13H14BrNO2/c1-13(2,3)17-12(16)15-7-6-9-8-10(14)4-5-11(9)15/h4-8H,1-3H3/i4+1,5+1,8+1,9+1,10+1,11+1. The highest BCUT2D eigenvalue weighted by Crippen LogP contribution is 2.21. The third kappa shape index (κ3) is 2.69. The van der Waals surface area contributed by atoms with Gasteiger partial charge in [-0.05, 0) is 45.0 Å². The van der Waals surface area contributed by atoms with Gasteiger partial charge in [0.1, 0.15) is 5.60 Å². The largest absolute Gasteiger partial charge is 0.443 e. The van der Waals surface area contributed by atoms with E-state index in [2.05, 4.69) is 15.9 Å². The summed E-state index contributed by atoms with van der Waals surface area (Å²) in [7, 11) is 0. The van der Waals surface area contributed by atoms with E-state index >= 15 is 0 Å². The Morgan fingerprint density at radius 1 is 1.29 bits per heavy atom. The van der Waals surface area contributed by atoms with Gasteiger partial charge in [-0.25, -0.2) is 4.79 Å². The van der Waals surface area contributed by atoms with E-state index in [1.165, 1.54) is 4.57 Å². The van der Waals surface area contributed by atoms with Crippen molar-refractivity contribution in [1.29, 1.82) is 0 Å². The summed E-state index contributed by atoms with van der Waals surface area (Å²) in [6.45, 7) is 5.56. The van der Waals surface area contributed by atoms with Crippen molar-refractivity contribution in [1.82, 2.24) is 4.57 Å². The number of carbonyl (C=O) groups is 1. The van der Waals surface area contributed by atoms with E-state index in [0.717, 1.165) is 15.4 Å². The molecule has 0 aliphatic heterocycles. The molecule has 90 valence electrons. The number of carbonyl (C=O) groups excluding carboxylic acids is 1. The highest BCUT2D eigenvalue weighted by Gasteiger charge is 2.18. The first-order valence-electron chi connectivity index (χ1n) is 5.37. The number of nitrogens with zero attached hydrogens (tertiary/aromatic N) is 1. The van der Waals surface area contributed by atoms with Crippen molar-refractivity contribution < 1.29 is 9.53 Å². The Labute approximate surface area is 108 Å². The Kier molecular flexibility index (Phi) is 3.00. The highest BCUT2D eigenvalue weighted by atomic mass is 79.9. The van der Waals surface area contributed by atoms with Gasteiger partial charge < -0.3 is 4.74 Å². The lowest BCUT2D eigenvalue weighted by molar-refractivity contribution is 0.0544. The van der Waals surface area contributed by atoms with Crippen LogP contribution in [-0.4, -0.2) is 16.3 Å². The van der Waals surface area contributed by atoms with Crippen molar-refractivity contribution in [3.63, 3.8) is 0 Å². The van der Waals surface area contributed by atoms with Gasteiger partial charge >= 0.3 is 6.09 Å². The number of benzene rings is 1. The van der Waals surface area contributed by atoms with Gasteiger partial charge in [-0.15, -0.1) is 0 Å². The van der Waals surface area contributed by atoms with Gasteiger partial charge in [0.25, 0.3) is 0 Å². The molecular formula is C13H14BrNO2. The van der Waals surface area contributed by atoms with Gasteiger partial charge in [0, 0.05) is 16.1 Å². The molecule has 4 heteroatoms. The number of hydrogen-bond acceptors (Lipinski definition) is 2. The van der Waals surface area contributed by atoms with E-state index in [0.29, 0.717) is 0 Å². The number of fused-ring (bicyclic) bond motifs is 1. The quantitative estimate of drug-likeness (QED) is 0.731. The zero-order chi connectivity index (χ0) is 12.6. The zero-order valence-electron chi connectivity index (χ0n) is 10.0. The molecule has 0 saturated heterocycles. The molecule has 0 aliphatic rings. The van der Waals surface area contributed by atoms with Gasteiger partial charge in [-0.3, -0.25) is 4.57 Å². The van der Waals surface area contributed by atoms with Crippen molar-refractivity contribution >= 4 is 32.9 Å². The van der Waals surface area contributed by atoms with E-state index < -0.39 is 5.60 Å². The van der Waals surface area contributed by atoms with Crippen LogP contribution in [0.2, 0.25) is 0 Å². The second-order valence-electron chi connectivity index (χ2n) is 4.87. The SMILES string of the molecule is CC(C)(C)OC(=O)n1cc[13c]2[13cH][13c](Br)[13cH][13cH][13c]21. The summed E-state index contributed by atoms with van der Waals surface area (Å²) < 4.78 is 7.85. The monoisotopic (exact) mass is 301 g/mol. The van der Waals surface area contributed by atoms with Crippen LogP contribution < -0.4 is 0 Å². The molecule has 0 unspecified atom stereocenters. The van der Waals surface area contributed by atoms with E-state index in [1.54, 1.807) is 6.20 Å². The van der Waals surface area contributed by atoms with Gasteiger partial charge in [0.2, 0.25) is 0 Å². The van der Waals surface area contributed by atoms with Crippen LogP contribution in [0.5, 0.6) is 0 Å². The minimum atomic E-state index is -0.483. The Morgan fingerprint density at radius 3 is 2.65 bits per heavy atom. The van der Waals surface area contributed by atoms with Crippen LogP contribution in [0.1, 0.15) is 20.8 Å². The number of halogens is 1. The summed E-state index contributed by atoms with van der Waals surface area (Å²) in [5.74, 6) is 0. The average molecular weight is 302 g/mol. The van der Waals surface area contributed by atoms with E-state index in [1.807, 2.05) is 45.0 Å². The van der Waals surface area contributed by atoms with Crippen molar-refractivity contribution in [3.05, 3.63) is 34.9 Å². The zero-order valence-corrected chi connectivity index (χ0v) is 11.6. The van der Waals surface area contributed by atoms with Gasteiger partial charge in [0.15, 0.2) is 0 Å². The maximum atomic E-state index is 11.9. The van der Waals surface area contributed by atoms with Crippen LogP contribution in [-0.2, 0) is 4.74 Å². The number of aromatic nitrogens is 1. The molecule has 1 aromatic heterocycles. The van der Waals surface area contributed by atoms with Crippen LogP contribution in [0, 0.1) is 0 Å². The third-order valence-corrected chi connectivity index (χ3v) is 2.74. The second-order valence-corrected chi connectivity index (χ2v) is 5.78. The van der Waals surface area contributed by atoms with Crippen LogP contribution in [0.3, 0.4) is 0 Å². The highest BCUT2D eigenvalue weighted by molar-refractivity contribution is 9.10. The smallest absolute Gasteiger partial charge is 0.418 e. The molecular weight excluding hydrogens is 288 g/mol. The Morgan fingerprint density at radius 2 is 2.00 bits per heavy atom. The van der Waals surface area contributed by atoms with Crippen LogP contribution in [0.4, 0.5) is 4.79 Å². The van der Waals surface area contributed by atoms with Crippen molar-refractivity contribution in [2.75, 3.05) is 0 Å². The first-order valence-corrected chi connectivity index (χ1v) is 6.16. The number of ether oxygens (including phenoxy) is 1. The first kappa shape index (κ1) is 12.2. The van der Waals surface area contributed by atoms with Crippen LogP contribution >= 0.6 is 15.9 Å². The molecule has 17 heavy (non-hydrogen) atoms. The maximum Gasteiger partial charge on any atom is 0.418 e. The van der Waals surface area contributed by atoms with Crippen molar-refractivity contribution in [2.24, 2.45) is 0 Å². The van der Waals surface area contributed by atoms with E-state index in [9.17, 15) is 4.79 Å². The summed E-state index contributed by atoms with van der Waals surface area (Å²) in [4.78, 5) is 11.9. The third-order valence-electron chi connectivity index (χ3n) is 2.24. The second kappa shape index (κ2) is 4.18. The maximum absolute atomic E-state index is 11.9. The Balaban J connectivity index is 2.40. The average Bonchev–Trinajstić information content (AvgIpc) is 2.57. The van der Waals surface area contributed by atoms with Gasteiger partial charge in [-0.2, -0.15) is 0 Å². The topological polar surface area (TPSA) is 31.2 Å². The molecule has 0 N–H and O–H groups in total. The molecule has 0 amide bonds. The molecule has 2 aromatic rings. The predicted octanol–water partition coefficient (Wildman–Crippen LogP) is 4.19. The summed E-state index contributed by atoms with van der Waals surface area (Å²) >= 11 is 3.40. The lowest BCUT2D eigenvalue weighted by atomic mass is 10.2. The predicted molar refractivity (Wildman–Crippen MR) is 71.3 cm³/mol. The molecule has 0 atom stereocenters. The lowest BCUT2D eigenvalue weighted by Gasteiger charge is -2.19. The fourth-order valence-electron chi connectivity index (χ4n) is 1.58. The molecule has 1 heterocycles.